The van der Waals surface area contributed by atoms with Crippen molar-refractivity contribution in [3.63, 3.8) is 0 Å². The maximum Gasteiger partial charge on any atom is 0.233 e. The number of rotatable bonds is 7. The Bertz CT molecular complexity index is 913. The molecule has 0 aliphatic heterocycles. The first-order valence-corrected chi connectivity index (χ1v) is 9.41. The highest BCUT2D eigenvalue weighted by atomic mass is 32.2. The number of aromatic nitrogens is 4. The third-order valence-corrected chi connectivity index (χ3v) is 4.92. The van der Waals surface area contributed by atoms with Gasteiger partial charge < -0.3 is 9.64 Å². The molecule has 0 aliphatic carbocycles. The second-order valence-electron chi connectivity index (χ2n) is 6.07. The van der Waals surface area contributed by atoms with Gasteiger partial charge >= 0.3 is 0 Å². The molecule has 27 heavy (non-hydrogen) atoms. The maximum atomic E-state index is 12.5. The summed E-state index contributed by atoms with van der Waals surface area (Å²) in [6.07, 6.45) is 0. The fraction of sp³-hybridized carbons (Fsp3) is 0.263. The van der Waals surface area contributed by atoms with Crippen molar-refractivity contribution >= 4 is 17.7 Å². The lowest BCUT2D eigenvalue weighted by Crippen LogP contribution is -2.27. The lowest BCUT2D eigenvalue weighted by Gasteiger charge is -2.17. The predicted octanol–water partition coefficient (Wildman–Crippen LogP) is 2.73. The maximum absolute atomic E-state index is 12.5. The SMILES string of the molecule is COc1ccc(C)cc1-n1nnnc1SCC(=O)N(C)Cc1ccccc1. The molecule has 0 N–H and O–H groups in total. The van der Waals surface area contributed by atoms with Gasteiger partial charge in [0.1, 0.15) is 11.4 Å². The second-order valence-corrected chi connectivity index (χ2v) is 7.02. The van der Waals surface area contributed by atoms with Crippen LogP contribution in [-0.2, 0) is 11.3 Å². The molecule has 3 aromatic rings. The van der Waals surface area contributed by atoms with E-state index in [1.807, 2.05) is 55.5 Å². The summed E-state index contributed by atoms with van der Waals surface area (Å²) in [7, 11) is 3.40. The Kier molecular flexibility index (Phi) is 6.08. The molecule has 0 fully saturated rings. The standard InChI is InChI=1S/C19H21N5O2S/c1-14-9-10-17(26-3)16(11-14)24-19(20-21-22-24)27-13-18(25)23(2)12-15-7-5-4-6-8-15/h4-11H,12-13H2,1-3H3. The van der Waals surface area contributed by atoms with Gasteiger partial charge in [0.2, 0.25) is 11.1 Å². The van der Waals surface area contributed by atoms with Crippen LogP contribution in [0.2, 0.25) is 0 Å². The van der Waals surface area contributed by atoms with Crippen LogP contribution in [0.25, 0.3) is 5.69 Å². The van der Waals surface area contributed by atoms with E-state index < -0.39 is 0 Å². The number of methoxy groups -OCH3 is 1. The molecule has 7 nitrogen and oxygen atoms in total. The molecule has 0 bridgehead atoms. The highest BCUT2D eigenvalue weighted by molar-refractivity contribution is 7.99. The molecular formula is C19H21N5O2S. The van der Waals surface area contributed by atoms with E-state index in [1.165, 1.54) is 11.8 Å². The summed E-state index contributed by atoms with van der Waals surface area (Å²) in [6, 6.07) is 15.7. The summed E-state index contributed by atoms with van der Waals surface area (Å²) in [5.74, 6) is 0.926. The Labute approximate surface area is 162 Å². The molecule has 1 heterocycles. The number of nitrogens with zero attached hydrogens (tertiary/aromatic N) is 5. The first kappa shape index (κ1) is 18.9. The molecule has 0 atom stereocenters. The molecule has 0 aliphatic rings. The van der Waals surface area contributed by atoms with Crippen LogP contribution in [0, 0.1) is 6.92 Å². The third kappa shape index (κ3) is 4.65. The van der Waals surface area contributed by atoms with Gasteiger partial charge in [-0.25, -0.2) is 0 Å². The van der Waals surface area contributed by atoms with Crippen molar-refractivity contribution in [2.24, 2.45) is 0 Å². The normalized spacial score (nSPS) is 10.6. The van der Waals surface area contributed by atoms with E-state index in [-0.39, 0.29) is 11.7 Å². The van der Waals surface area contributed by atoms with Gasteiger partial charge in [-0.05, 0) is 40.6 Å². The van der Waals surface area contributed by atoms with Crippen molar-refractivity contribution in [1.29, 1.82) is 0 Å². The summed E-state index contributed by atoms with van der Waals surface area (Å²) in [5, 5.41) is 12.4. The van der Waals surface area contributed by atoms with Gasteiger partial charge in [-0.2, -0.15) is 4.68 Å². The minimum absolute atomic E-state index is 0.00890. The Morgan fingerprint density at radius 3 is 2.74 bits per heavy atom. The molecule has 0 spiro atoms. The Morgan fingerprint density at radius 1 is 1.22 bits per heavy atom. The van der Waals surface area contributed by atoms with Gasteiger partial charge in [-0.1, -0.05) is 48.2 Å². The molecule has 0 saturated heterocycles. The summed E-state index contributed by atoms with van der Waals surface area (Å²) in [5.41, 5.74) is 2.90. The lowest BCUT2D eigenvalue weighted by molar-refractivity contribution is -0.127. The van der Waals surface area contributed by atoms with Crippen molar-refractivity contribution in [3.05, 3.63) is 59.7 Å². The number of ether oxygens (including phenoxy) is 1. The van der Waals surface area contributed by atoms with Crippen LogP contribution in [-0.4, -0.2) is 50.9 Å². The first-order valence-electron chi connectivity index (χ1n) is 8.42. The molecule has 140 valence electrons. The smallest absolute Gasteiger partial charge is 0.233 e. The highest BCUT2D eigenvalue weighted by Gasteiger charge is 2.16. The number of carbonyl (C=O) groups excluding carboxylic acids is 1. The quantitative estimate of drug-likeness (QED) is 0.584. The van der Waals surface area contributed by atoms with E-state index in [2.05, 4.69) is 15.5 Å². The van der Waals surface area contributed by atoms with E-state index in [0.717, 1.165) is 16.8 Å². The van der Waals surface area contributed by atoms with Crippen molar-refractivity contribution in [2.75, 3.05) is 19.9 Å². The number of hydrogen-bond donors (Lipinski definition) is 0. The summed E-state index contributed by atoms with van der Waals surface area (Å²) in [4.78, 5) is 14.2. The van der Waals surface area contributed by atoms with E-state index in [4.69, 9.17) is 4.74 Å². The van der Waals surface area contributed by atoms with Crippen LogP contribution in [0.15, 0.2) is 53.7 Å². The zero-order chi connectivity index (χ0) is 19.2. The third-order valence-electron chi connectivity index (χ3n) is 4.02. The largest absolute Gasteiger partial charge is 0.494 e. The molecule has 0 radical (unpaired) electrons. The number of thioether (sulfide) groups is 1. The van der Waals surface area contributed by atoms with Gasteiger partial charge in [-0.3, -0.25) is 4.79 Å². The van der Waals surface area contributed by atoms with Crippen molar-refractivity contribution in [3.8, 4) is 11.4 Å². The summed E-state index contributed by atoms with van der Waals surface area (Å²) in [6.45, 7) is 2.55. The fourth-order valence-electron chi connectivity index (χ4n) is 2.57. The van der Waals surface area contributed by atoms with Crippen LogP contribution in [0.3, 0.4) is 0 Å². The lowest BCUT2D eigenvalue weighted by atomic mass is 10.2. The van der Waals surface area contributed by atoms with Crippen LogP contribution in [0.1, 0.15) is 11.1 Å². The molecule has 1 amide bonds. The molecule has 1 aromatic heterocycles. The summed E-state index contributed by atoms with van der Waals surface area (Å²) >= 11 is 1.30. The Balaban J connectivity index is 1.68. The summed E-state index contributed by atoms with van der Waals surface area (Å²) < 4.78 is 7.01. The van der Waals surface area contributed by atoms with Gasteiger partial charge in [0, 0.05) is 13.6 Å². The van der Waals surface area contributed by atoms with Crippen LogP contribution in [0.5, 0.6) is 5.75 Å². The molecule has 0 unspecified atom stereocenters. The fourth-order valence-corrected chi connectivity index (χ4v) is 3.39. The Morgan fingerprint density at radius 2 is 2.00 bits per heavy atom. The van der Waals surface area contributed by atoms with E-state index >= 15 is 0 Å². The zero-order valence-electron chi connectivity index (χ0n) is 15.5. The number of benzene rings is 2. The average molecular weight is 383 g/mol. The second kappa shape index (κ2) is 8.68. The van der Waals surface area contributed by atoms with E-state index in [1.54, 1.807) is 23.7 Å². The minimum Gasteiger partial charge on any atom is -0.494 e. The number of hydrogen-bond acceptors (Lipinski definition) is 6. The topological polar surface area (TPSA) is 73.1 Å². The monoisotopic (exact) mass is 383 g/mol. The molecule has 0 saturated carbocycles. The van der Waals surface area contributed by atoms with Crippen LogP contribution < -0.4 is 4.74 Å². The molecule has 8 heteroatoms. The van der Waals surface area contributed by atoms with Gasteiger partial charge in [-0.15, -0.1) is 5.10 Å². The van der Waals surface area contributed by atoms with E-state index in [9.17, 15) is 4.79 Å². The Hall–Kier alpha value is -2.87. The first-order chi connectivity index (χ1) is 13.1. The molecule has 3 rings (SSSR count). The molecule has 2 aromatic carbocycles. The van der Waals surface area contributed by atoms with Crippen molar-refractivity contribution < 1.29 is 9.53 Å². The van der Waals surface area contributed by atoms with Gasteiger partial charge in [0.05, 0.1) is 12.9 Å². The number of aryl methyl sites for hydroxylation is 1. The van der Waals surface area contributed by atoms with Crippen LogP contribution >= 0.6 is 11.8 Å². The zero-order valence-corrected chi connectivity index (χ0v) is 16.3. The van der Waals surface area contributed by atoms with Crippen molar-refractivity contribution in [2.45, 2.75) is 18.6 Å². The number of amides is 1. The highest BCUT2D eigenvalue weighted by Crippen LogP contribution is 2.27. The minimum atomic E-state index is 0.00890. The van der Waals surface area contributed by atoms with Crippen molar-refractivity contribution in [1.82, 2.24) is 25.1 Å². The average Bonchev–Trinajstić information content (AvgIpc) is 3.15. The van der Waals surface area contributed by atoms with E-state index in [0.29, 0.717) is 17.5 Å². The molecular weight excluding hydrogens is 362 g/mol. The predicted molar refractivity (Wildman–Crippen MR) is 104 cm³/mol. The van der Waals surface area contributed by atoms with Gasteiger partial charge in [0.15, 0.2) is 0 Å². The number of carbonyl (C=O) groups is 1. The number of tetrazole rings is 1. The van der Waals surface area contributed by atoms with Crippen LogP contribution in [0.4, 0.5) is 0 Å². The van der Waals surface area contributed by atoms with Gasteiger partial charge in [0.25, 0.3) is 0 Å².